The molecule has 2 aliphatic rings. The van der Waals surface area contributed by atoms with Crippen molar-refractivity contribution in [3.05, 3.63) is 88.5 Å². The van der Waals surface area contributed by atoms with Crippen molar-refractivity contribution in [2.24, 2.45) is 4.99 Å². The Bertz CT molecular complexity index is 1620. The molecule has 0 bridgehead atoms. The molecule has 38 heavy (non-hydrogen) atoms. The highest BCUT2D eigenvalue weighted by atomic mass is 79.9. The first-order valence-corrected chi connectivity index (χ1v) is 14.3. The Labute approximate surface area is 233 Å². The number of methoxy groups -OCH3 is 1. The summed E-state index contributed by atoms with van der Waals surface area (Å²) in [7, 11) is 1.58. The lowest BCUT2D eigenvalue weighted by Crippen LogP contribution is -2.40. The molecule has 7 nitrogen and oxygen atoms in total. The van der Waals surface area contributed by atoms with Crippen LogP contribution >= 0.6 is 27.3 Å². The number of halogens is 1. The SMILES string of the molecule is CCOC(=O)C1=C(C)N=c2s/c(=C\c3ccc(N4CCCC4)cc3C)c(=O)n2[C@H]1c1cc(Br)ccc1OC. The van der Waals surface area contributed by atoms with E-state index in [4.69, 9.17) is 9.47 Å². The molecule has 5 rings (SSSR count). The van der Waals surface area contributed by atoms with E-state index in [0.29, 0.717) is 31.9 Å². The summed E-state index contributed by atoms with van der Waals surface area (Å²) in [6, 6.07) is 11.2. The monoisotopic (exact) mass is 595 g/mol. The number of hydrogen-bond acceptors (Lipinski definition) is 7. The standard InChI is InChI=1S/C29H30BrN3O4S/c1-5-37-28(35)25-18(3)31-29-33(26(25)22-16-20(30)9-11-23(22)36-4)27(34)24(38-29)15-19-8-10-21(14-17(19)2)32-12-6-7-13-32/h8-11,14-16,26H,5-7,12-13H2,1-4H3/b24-15-/t26-/m0/s1. The zero-order valence-corrected chi connectivity index (χ0v) is 24.3. The van der Waals surface area contributed by atoms with Gasteiger partial charge in [-0.25, -0.2) is 9.79 Å². The van der Waals surface area contributed by atoms with Crippen molar-refractivity contribution < 1.29 is 14.3 Å². The number of carbonyl (C=O) groups is 1. The Morgan fingerprint density at radius 1 is 1.18 bits per heavy atom. The minimum atomic E-state index is -0.737. The largest absolute Gasteiger partial charge is 0.496 e. The van der Waals surface area contributed by atoms with Gasteiger partial charge in [-0.3, -0.25) is 9.36 Å². The molecule has 0 aliphatic carbocycles. The Balaban J connectivity index is 1.68. The molecule has 1 atom stereocenters. The summed E-state index contributed by atoms with van der Waals surface area (Å²) >= 11 is 4.86. The van der Waals surface area contributed by atoms with Crippen molar-refractivity contribution in [2.45, 2.75) is 39.7 Å². The van der Waals surface area contributed by atoms with Crippen LogP contribution in [0.2, 0.25) is 0 Å². The number of carbonyl (C=O) groups excluding carboxylic acids is 1. The molecule has 1 aromatic heterocycles. The number of aromatic nitrogens is 1. The van der Waals surface area contributed by atoms with E-state index in [2.05, 4.69) is 50.9 Å². The van der Waals surface area contributed by atoms with E-state index in [-0.39, 0.29) is 12.2 Å². The average molecular weight is 597 g/mol. The maximum absolute atomic E-state index is 14.0. The van der Waals surface area contributed by atoms with E-state index in [9.17, 15) is 9.59 Å². The summed E-state index contributed by atoms with van der Waals surface area (Å²) in [6.07, 6.45) is 4.36. The molecule has 3 heterocycles. The van der Waals surface area contributed by atoms with E-state index >= 15 is 0 Å². The number of fused-ring (bicyclic) bond motifs is 1. The lowest BCUT2D eigenvalue weighted by Gasteiger charge is -2.26. The molecule has 0 saturated carbocycles. The van der Waals surface area contributed by atoms with Gasteiger partial charge in [-0.05, 0) is 81.1 Å². The normalized spacial score (nSPS) is 17.4. The third-order valence-electron chi connectivity index (χ3n) is 7.01. The zero-order valence-electron chi connectivity index (χ0n) is 21.9. The van der Waals surface area contributed by atoms with E-state index < -0.39 is 12.0 Å². The smallest absolute Gasteiger partial charge is 0.338 e. The molecule has 2 aromatic carbocycles. The Hall–Kier alpha value is -3.17. The third-order valence-corrected chi connectivity index (χ3v) is 8.49. The highest BCUT2D eigenvalue weighted by molar-refractivity contribution is 9.10. The van der Waals surface area contributed by atoms with Gasteiger partial charge in [0.1, 0.15) is 11.8 Å². The Morgan fingerprint density at radius 3 is 2.63 bits per heavy atom. The number of hydrogen-bond donors (Lipinski definition) is 0. The molecule has 1 fully saturated rings. The van der Waals surface area contributed by atoms with Crippen molar-refractivity contribution in [2.75, 3.05) is 31.7 Å². The van der Waals surface area contributed by atoms with E-state index in [1.807, 2.05) is 24.3 Å². The fourth-order valence-electron chi connectivity index (χ4n) is 5.14. The molecule has 2 aliphatic heterocycles. The molecule has 9 heteroatoms. The van der Waals surface area contributed by atoms with Crippen molar-refractivity contribution in [3.8, 4) is 5.75 Å². The maximum atomic E-state index is 14.0. The fourth-order valence-corrected chi connectivity index (χ4v) is 6.56. The number of ether oxygens (including phenoxy) is 2. The highest BCUT2D eigenvalue weighted by Crippen LogP contribution is 2.37. The predicted molar refractivity (Wildman–Crippen MR) is 154 cm³/mol. The van der Waals surface area contributed by atoms with Gasteiger partial charge < -0.3 is 14.4 Å². The number of benzene rings is 2. The average Bonchev–Trinajstić information content (AvgIpc) is 3.53. The Kier molecular flexibility index (Phi) is 7.59. The second-order valence-electron chi connectivity index (χ2n) is 9.42. The predicted octanol–water partition coefficient (Wildman–Crippen LogP) is 4.48. The molecule has 0 N–H and O–H groups in total. The van der Waals surface area contributed by atoms with Gasteiger partial charge in [0.05, 0.1) is 29.5 Å². The summed E-state index contributed by atoms with van der Waals surface area (Å²) in [4.78, 5) is 34.7. The van der Waals surface area contributed by atoms with Crippen molar-refractivity contribution in [1.82, 2.24) is 4.57 Å². The number of nitrogens with zero attached hydrogens (tertiary/aromatic N) is 3. The molecule has 198 valence electrons. The summed E-state index contributed by atoms with van der Waals surface area (Å²) in [5, 5.41) is 0. The second-order valence-corrected chi connectivity index (χ2v) is 11.3. The van der Waals surface area contributed by atoms with E-state index in [0.717, 1.165) is 28.7 Å². The lowest BCUT2D eigenvalue weighted by molar-refractivity contribution is -0.139. The van der Waals surface area contributed by atoms with Crippen molar-refractivity contribution in [3.63, 3.8) is 0 Å². The van der Waals surface area contributed by atoms with Crippen LogP contribution in [0.1, 0.15) is 49.4 Å². The van der Waals surface area contributed by atoms with Gasteiger partial charge in [-0.1, -0.05) is 33.3 Å². The van der Waals surface area contributed by atoms with E-state index in [1.165, 1.54) is 29.9 Å². The number of aryl methyl sites for hydroxylation is 1. The van der Waals surface area contributed by atoms with Gasteiger partial charge in [0.2, 0.25) is 0 Å². The fraction of sp³-hybridized carbons (Fsp3) is 0.345. The van der Waals surface area contributed by atoms with Crippen molar-refractivity contribution in [1.29, 1.82) is 0 Å². The number of allylic oxidation sites excluding steroid dienone is 1. The number of rotatable bonds is 6. The zero-order chi connectivity index (χ0) is 27.0. The van der Waals surface area contributed by atoms with Crippen LogP contribution in [0.15, 0.2) is 61.9 Å². The summed E-state index contributed by atoms with van der Waals surface area (Å²) < 4.78 is 14.0. The van der Waals surface area contributed by atoms with Crippen LogP contribution in [0.3, 0.4) is 0 Å². The molecule has 0 radical (unpaired) electrons. The van der Waals surface area contributed by atoms with Crippen LogP contribution in [-0.4, -0.2) is 37.3 Å². The number of esters is 1. The summed E-state index contributed by atoms with van der Waals surface area (Å²) in [6.45, 7) is 7.99. The van der Waals surface area contributed by atoms with Crippen LogP contribution in [0, 0.1) is 6.92 Å². The van der Waals surface area contributed by atoms with Gasteiger partial charge in [0, 0.05) is 28.8 Å². The number of anilines is 1. The van der Waals surface area contributed by atoms with Gasteiger partial charge >= 0.3 is 5.97 Å². The molecule has 0 amide bonds. The van der Waals surface area contributed by atoms with Crippen LogP contribution in [0.25, 0.3) is 6.08 Å². The Morgan fingerprint density at radius 2 is 1.95 bits per heavy atom. The molecule has 0 unspecified atom stereocenters. The molecule has 3 aromatic rings. The molecule has 1 saturated heterocycles. The first kappa shape index (κ1) is 26.4. The molecular formula is C29H30BrN3O4S. The minimum Gasteiger partial charge on any atom is -0.496 e. The van der Waals surface area contributed by atoms with Crippen LogP contribution < -0.4 is 24.5 Å². The van der Waals surface area contributed by atoms with Crippen molar-refractivity contribution >= 4 is 45.0 Å². The van der Waals surface area contributed by atoms with Gasteiger partial charge in [-0.15, -0.1) is 0 Å². The summed E-state index contributed by atoms with van der Waals surface area (Å²) in [5.74, 6) is 0.0704. The maximum Gasteiger partial charge on any atom is 0.338 e. The topological polar surface area (TPSA) is 73.1 Å². The highest BCUT2D eigenvalue weighted by Gasteiger charge is 2.35. The molecular weight excluding hydrogens is 566 g/mol. The lowest BCUT2D eigenvalue weighted by atomic mass is 9.95. The summed E-state index contributed by atoms with van der Waals surface area (Å²) in [5.41, 5.74) is 4.62. The third kappa shape index (κ3) is 4.85. The first-order chi connectivity index (χ1) is 18.3. The second kappa shape index (κ2) is 10.9. The van der Waals surface area contributed by atoms with Gasteiger partial charge in [-0.2, -0.15) is 0 Å². The quantitative estimate of drug-likeness (QED) is 0.393. The van der Waals surface area contributed by atoms with Crippen LogP contribution in [-0.2, 0) is 9.53 Å². The van der Waals surface area contributed by atoms with Crippen LogP contribution in [0.4, 0.5) is 5.69 Å². The minimum absolute atomic E-state index is 0.210. The van der Waals surface area contributed by atoms with E-state index in [1.54, 1.807) is 25.5 Å². The van der Waals surface area contributed by atoms with Gasteiger partial charge in [0.25, 0.3) is 5.56 Å². The molecule has 0 spiro atoms. The number of thiazole rings is 1. The van der Waals surface area contributed by atoms with Crippen LogP contribution in [0.5, 0.6) is 5.75 Å². The first-order valence-electron chi connectivity index (χ1n) is 12.7. The van der Waals surface area contributed by atoms with Gasteiger partial charge in [0.15, 0.2) is 4.80 Å².